The van der Waals surface area contributed by atoms with Gasteiger partial charge in [0, 0.05) is 12.8 Å². The highest BCUT2D eigenvalue weighted by Gasteiger charge is 2.16. The van der Waals surface area contributed by atoms with Gasteiger partial charge in [0.05, 0.1) is 19.6 Å². The van der Waals surface area contributed by atoms with Crippen molar-refractivity contribution in [2.45, 2.75) is 40.2 Å². The second-order valence-electron chi connectivity index (χ2n) is 3.76. The summed E-state index contributed by atoms with van der Waals surface area (Å²) in [4.78, 5) is 15.7. The van der Waals surface area contributed by atoms with E-state index in [0.717, 1.165) is 24.5 Å². The number of ether oxygens (including phenoxy) is 1. The molecule has 1 heterocycles. The molecule has 0 N–H and O–H groups in total. The number of hydrogen-bond donors (Lipinski definition) is 0. The van der Waals surface area contributed by atoms with Gasteiger partial charge in [-0.25, -0.2) is 9.67 Å². The molecule has 0 saturated heterocycles. The number of rotatable bonds is 5. The monoisotopic (exact) mass is 225 g/mol. The Morgan fingerprint density at radius 3 is 2.62 bits per heavy atom. The van der Waals surface area contributed by atoms with Crippen LogP contribution in [0.1, 0.15) is 32.4 Å². The topological polar surface area (TPSA) is 57.0 Å². The molecule has 0 radical (unpaired) electrons. The standard InChI is InChI=1S/C11H19N3O2/c1-5-9-12-10(6-2)14(13-9)7-8(3)11(15)16-4/h8H,5-7H2,1-4H3. The second kappa shape index (κ2) is 5.63. The summed E-state index contributed by atoms with van der Waals surface area (Å²) in [5.41, 5.74) is 0. The molecular formula is C11H19N3O2. The van der Waals surface area contributed by atoms with Crippen molar-refractivity contribution in [3.63, 3.8) is 0 Å². The largest absolute Gasteiger partial charge is 0.469 e. The van der Waals surface area contributed by atoms with Crippen molar-refractivity contribution >= 4 is 5.97 Å². The molecule has 1 atom stereocenters. The molecular weight excluding hydrogens is 206 g/mol. The lowest BCUT2D eigenvalue weighted by atomic mass is 10.2. The first-order chi connectivity index (χ1) is 7.62. The fourth-order valence-electron chi connectivity index (χ4n) is 1.52. The van der Waals surface area contributed by atoms with Gasteiger partial charge in [-0.05, 0) is 0 Å². The highest BCUT2D eigenvalue weighted by atomic mass is 16.5. The molecule has 1 rings (SSSR count). The molecule has 0 aromatic carbocycles. The summed E-state index contributed by atoms with van der Waals surface area (Å²) < 4.78 is 6.50. The summed E-state index contributed by atoms with van der Waals surface area (Å²) in [6.45, 7) is 6.41. The first-order valence-corrected chi connectivity index (χ1v) is 5.62. The van der Waals surface area contributed by atoms with Gasteiger partial charge in [0.15, 0.2) is 5.82 Å². The van der Waals surface area contributed by atoms with Crippen LogP contribution in [0.15, 0.2) is 0 Å². The van der Waals surface area contributed by atoms with E-state index in [2.05, 4.69) is 10.1 Å². The van der Waals surface area contributed by atoms with Crippen LogP contribution in [0, 0.1) is 5.92 Å². The molecule has 0 aliphatic carbocycles. The molecule has 0 bridgehead atoms. The predicted octanol–water partition coefficient (Wildman–Crippen LogP) is 1.21. The summed E-state index contributed by atoms with van der Waals surface area (Å²) in [7, 11) is 1.40. The van der Waals surface area contributed by atoms with Crippen LogP contribution in [0.25, 0.3) is 0 Å². The lowest BCUT2D eigenvalue weighted by Crippen LogP contribution is -2.20. The number of carbonyl (C=O) groups excluding carboxylic acids is 1. The van der Waals surface area contributed by atoms with E-state index >= 15 is 0 Å². The first kappa shape index (κ1) is 12.7. The van der Waals surface area contributed by atoms with E-state index in [1.54, 1.807) is 4.68 Å². The van der Waals surface area contributed by atoms with Gasteiger partial charge in [-0.1, -0.05) is 20.8 Å². The smallest absolute Gasteiger partial charge is 0.310 e. The zero-order chi connectivity index (χ0) is 12.1. The zero-order valence-corrected chi connectivity index (χ0v) is 10.4. The van der Waals surface area contributed by atoms with Crippen molar-refractivity contribution in [1.82, 2.24) is 14.8 Å². The highest BCUT2D eigenvalue weighted by molar-refractivity contribution is 5.71. The number of nitrogens with zero attached hydrogens (tertiary/aromatic N) is 3. The number of carbonyl (C=O) groups is 1. The average Bonchev–Trinajstić information content (AvgIpc) is 2.70. The molecule has 16 heavy (non-hydrogen) atoms. The van der Waals surface area contributed by atoms with Gasteiger partial charge in [-0.3, -0.25) is 4.79 Å². The molecule has 0 saturated carbocycles. The van der Waals surface area contributed by atoms with Crippen molar-refractivity contribution in [2.24, 2.45) is 5.92 Å². The van der Waals surface area contributed by atoms with Gasteiger partial charge in [0.25, 0.3) is 0 Å². The Balaban J connectivity index is 2.79. The van der Waals surface area contributed by atoms with Crippen LogP contribution in [0.2, 0.25) is 0 Å². The van der Waals surface area contributed by atoms with Crippen LogP contribution in [-0.2, 0) is 28.9 Å². The fourth-order valence-corrected chi connectivity index (χ4v) is 1.52. The Morgan fingerprint density at radius 2 is 2.12 bits per heavy atom. The molecule has 0 spiro atoms. The summed E-state index contributed by atoms with van der Waals surface area (Å²) in [5.74, 6) is 1.35. The average molecular weight is 225 g/mol. The lowest BCUT2D eigenvalue weighted by Gasteiger charge is -2.10. The molecule has 5 nitrogen and oxygen atoms in total. The van der Waals surface area contributed by atoms with Crippen LogP contribution < -0.4 is 0 Å². The third-order valence-electron chi connectivity index (χ3n) is 2.48. The minimum absolute atomic E-state index is 0.193. The summed E-state index contributed by atoms with van der Waals surface area (Å²) >= 11 is 0. The molecule has 0 amide bonds. The van der Waals surface area contributed by atoms with E-state index in [4.69, 9.17) is 4.74 Å². The van der Waals surface area contributed by atoms with Gasteiger partial charge >= 0.3 is 5.97 Å². The van der Waals surface area contributed by atoms with Crippen LogP contribution >= 0.6 is 0 Å². The summed E-state index contributed by atoms with van der Waals surface area (Å²) in [5, 5.41) is 4.35. The number of esters is 1. The molecule has 5 heteroatoms. The minimum Gasteiger partial charge on any atom is -0.469 e. The Hall–Kier alpha value is -1.39. The van der Waals surface area contributed by atoms with Crippen LogP contribution in [0.5, 0.6) is 0 Å². The lowest BCUT2D eigenvalue weighted by molar-refractivity contribution is -0.145. The van der Waals surface area contributed by atoms with Crippen LogP contribution in [-0.4, -0.2) is 27.8 Å². The maximum atomic E-state index is 11.3. The van der Waals surface area contributed by atoms with Crippen LogP contribution in [0.3, 0.4) is 0 Å². The van der Waals surface area contributed by atoms with E-state index in [1.807, 2.05) is 20.8 Å². The number of aryl methyl sites for hydroxylation is 2. The fraction of sp³-hybridized carbons (Fsp3) is 0.727. The van der Waals surface area contributed by atoms with Crippen molar-refractivity contribution in [3.05, 3.63) is 11.6 Å². The Labute approximate surface area is 95.8 Å². The third kappa shape index (κ3) is 2.81. The van der Waals surface area contributed by atoms with Gasteiger partial charge in [-0.2, -0.15) is 5.10 Å². The second-order valence-corrected chi connectivity index (χ2v) is 3.76. The van der Waals surface area contributed by atoms with Crippen molar-refractivity contribution in [3.8, 4) is 0 Å². The summed E-state index contributed by atoms with van der Waals surface area (Å²) in [6.07, 6.45) is 1.63. The molecule has 1 aromatic heterocycles. The van der Waals surface area contributed by atoms with E-state index in [9.17, 15) is 4.79 Å². The van der Waals surface area contributed by atoms with Crippen molar-refractivity contribution in [2.75, 3.05) is 7.11 Å². The predicted molar refractivity (Wildman–Crippen MR) is 60.0 cm³/mol. The number of aromatic nitrogens is 3. The highest BCUT2D eigenvalue weighted by Crippen LogP contribution is 2.07. The molecule has 0 aliphatic rings. The van der Waals surface area contributed by atoms with E-state index in [0.29, 0.717) is 6.54 Å². The van der Waals surface area contributed by atoms with E-state index in [1.165, 1.54) is 7.11 Å². The van der Waals surface area contributed by atoms with Gasteiger partial charge in [-0.15, -0.1) is 0 Å². The zero-order valence-electron chi connectivity index (χ0n) is 10.4. The first-order valence-electron chi connectivity index (χ1n) is 5.62. The number of methoxy groups -OCH3 is 1. The quantitative estimate of drug-likeness (QED) is 0.707. The van der Waals surface area contributed by atoms with Crippen molar-refractivity contribution < 1.29 is 9.53 Å². The maximum Gasteiger partial charge on any atom is 0.310 e. The Bertz CT molecular complexity index is 360. The Morgan fingerprint density at radius 1 is 1.44 bits per heavy atom. The SMILES string of the molecule is CCc1nc(CC)n(CC(C)C(=O)OC)n1. The van der Waals surface area contributed by atoms with E-state index in [-0.39, 0.29) is 11.9 Å². The molecule has 0 aliphatic heterocycles. The van der Waals surface area contributed by atoms with Gasteiger partial charge < -0.3 is 4.74 Å². The third-order valence-corrected chi connectivity index (χ3v) is 2.48. The van der Waals surface area contributed by atoms with E-state index < -0.39 is 0 Å². The van der Waals surface area contributed by atoms with Crippen molar-refractivity contribution in [1.29, 1.82) is 0 Å². The molecule has 0 fully saturated rings. The summed E-state index contributed by atoms with van der Waals surface area (Å²) in [6, 6.07) is 0. The van der Waals surface area contributed by atoms with Crippen LogP contribution in [0.4, 0.5) is 0 Å². The van der Waals surface area contributed by atoms with Gasteiger partial charge in [0.2, 0.25) is 0 Å². The molecule has 1 aromatic rings. The number of hydrogen-bond acceptors (Lipinski definition) is 4. The normalized spacial score (nSPS) is 12.5. The minimum atomic E-state index is -0.212. The Kier molecular flexibility index (Phi) is 4.46. The molecule has 90 valence electrons. The van der Waals surface area contributed by atoms with Gasteiger partial charge in [0.1, 0.15) is 5.82 Å². The maximum absolute atomic E-state index is 11.3. The molecule has 1 unspecified atom stereocenters.